The predicted octanol–water partition coefficient (Wildman–Crippen LogP) is 14.3. The molecule has 0 bridgehead atoms. The maximum atomic E-state index is 2.72. The average Bonchev–Trinajstić information content (AvgIpc) is 3.35. The Kier molecular flexibility index (Phi) is 9.61. The summed E-state index contributed by atoms with van der Waals surface area (Å²) in [5, 5.41) is 0. The van der Waals surface area contributed by atoms with Crippen LogP contribution in [0.1, 0.15) is 90.3 Å². The van der Waals surface area contributed by atoms with E-state index in [1.54, 1.807) is 0 Å². The Bertz CT molecular complexity index is 1980. The van der Waals surface area contributed by atoms with E-state index in [1.165, 1.54) is 50.7 Å². The smallest absolute Gasteiger partial charge is 0.0989 e. The normalized spacial score (nSPS) is 15.4. The van der Waals surface area contributed by atoms with E-state index in [1.807, 2.05) is 0 Å². The molecule has 1 heterocycles. The van der Waals surface area contributed by atoms with Gasteiger partial charge in [-0.1, -0.05) is 157 Å². The molecule has 1 radical (unpaired) electrons. The largest absolute Gasteiger partial charge is 0.353 e. The first-order valence-electron chi connectivity index (χ1n) is 19.0. The zero-order valence-electron chi connectivity index (χ0n) is 32.2. The molecule has 6 aromatic carbocycles. The SMILES string of the molecule is CC(C)c1cccc(C(C)C)c1N1[C](c2ccc(N(c3ccc(-c4ccccc4)cc3)c3ccc(-c4ccccc4)cc3)cc2)C(C)(C)CC1(C)C. The van der Waals surface area contributed by atoms with Crippen LogP contribution in [0.2, 0.25) is 0 Å². The summed E-state index contributed by atoms with van der Waals surface area (Å²) in [5.41, 5.74) is 13.7. The van der Waals surface area contributed by atoms with Crippen LogP contribution in [-0.2, 0) is 0 Å². The van der Waals surface area contributed by atoms with E-state index in [0.29, 0.717) is 11.8 Å². The highest BCUT2D eigenvalue weighted by atomic mass is 15.3. The third-order valence-corrected chi connectivity index (χ3v) is 10.8. The Morgan fingerprint density at radius 1 is 0.442 bits per heavy atom. The number of rotatable bonds is 9. The molecule has 263 valence electrons. The second kappa shape index (κ2) is 14.2. The molecule has 7 rings (SSSR count). The Morgan fingerprint density at radius 3 is 1.19 bits per heavy atom. The van der Waals surface area contributed by atoms with Gasteiger partial charge in [0.05, 0.1) is 6.04 Å². The number of hydrogen-bond acceptors (Lipinski definition) is 2. The fourth-order valence-electron chi connectivity index (χ4n) is 8.64. The van der Waals surface area contributed by atoms with Gasteiger partial charge in [0.25, 0.3) is 0 Å². The van der Waals surface area contributed by atoms with Gasteiger partial charge in [0, 0.05) is 28.3 Å². The molecule has 0 N–H and O–H groups in total. The number of hydrogen-bond donors (Lipinski definition) is 0. The highest BCUT2D eigenvalue weighted by Crippen LogP contribution is 2.57. The van der Waals surface area contributed by atoms with Gasteiger partial charge in [0.15, 0.2) is 0 Å². The highest BCUT2D eigenvalue weighted by molar-refractivity contribution is 5.80. The van der Waals surface area contributed by atoms with Crippen molar-refractivity contribution in [3.8, 4) is 22.3 Å². The quantitative estimate of drug-likeness (QED) is 0.150. The minimum Gasteiger partial charge on any atom is -0.353 e. The van der Waals surface area contributed by atoms with Gasteiger partial charge in [-0.3, -0.25) is 0 Å². The lowest BCUT2D eigenvalue weighted by molar-refractivity contribution is 0.376. The zero-order valence-corrected chi connectivity index (χ0v) is 32.2. The van der Waals surface area contributed by atoms with E-state index >= 15 is 0 Å². The first kappa shape index (κ1) is 35.3. The average molecular weight is 682 g/mol. The lowest BCUT2D eigenvalue weighted by atomic mass is 9.78. The van der Waals surface area contributed by atoms with Crippen molar-refractivity contribution in [2.45, 2.75) is 79.2 Å². The molecule has 0 spiro atoms. The molecule has 52 heavy (non-hydrogen) atoms. The Morgan fingerprint density at radius 2 is 0.808 bits per heavy atom. The fourth-order valence-corrected chi connectivity index (χ4v) is 8.64. The molecule has 1 saturated heterocycles. The van der Waals surface area contributed by atoms with Crippen molar-refractivity contribution in [3.63, 3.8) is 0 Å². The van der Waals surface area contributed by atoms with Gasteiger partial charge in [-0.05, 0) is 113 Å². The van der Waals surface area contributed by atoms with E-state index in [-0.39, 0.29) is 11.0 Å². The topological polar surface area (TPSA) is 6.48 Å². The van der Waals surface area contributed by atoms with Crippen molar-refractivity contribution >= 4 is 22.7 Å². The maximum Gasteiger partial charge on any atom is 0.0989 e. The summed E-state index contributed by atoms with van der Waals surface area (Å²) in [6, 6.07) is 56.9. The summed E-state index contributed by atoms with van der Waals surface area (Å²) in [7, 11) is 0. The van der Waals surface area contributed by atoms with Crippen molar-refractivity contribution in [1.29, 1.82) is 0 Å². The summed E-state index contributed by atoms with van der Waals surface area (Å²) in [5.74, 6) is 0.846. The van der Waals surface area contributed by atoms with Crippen LogP contribution in [0.3, 0.4) is 0 Å². The van der Waals surface area contributed by atoms with E-state index < -0.39 is 0 Å². The van der Waals surface area contributed by atoms with Gasteiger partial charge < -0.3 is 9.80 Å². The van der Waals surface area contributed by atoms with Crippen LogP contribution in [0.15, 0.2) is 152 Å². The monoisotopic (exact) mass is 681 g/mol. The van der Waals surface area contributed by atoms with Gasteiger partial charge in [0.2, 0.25) is 0 Å². The van der Waals surface area contributed by atoms with Gasteiger partial charge in [-0.25, -0.2) is 0 Å². The summed E-state index contributed by atoms with van der Waals surface area (Å²) in [6.45, 7) is 19.0. The minimum atomic E-state index is -0.0425. The molecule has 2 heteroatoms. The van der Waals surface area contributed by atoms with E-state index in [4.69, 9.17) is 0 Å². The Hall–Kier alpha value is -5.08. The Balaban J connectivity index is 1.31. The molecule has 6 aromatic rings. The van der Waals surface area contributed by atoms with Crippen LogP contribution in [-0.4, -0.2) is 5.54 Å². The molecule has 0 amide bonds. The van der Waals surface area contributed by atoms with Crippen LogP contribution < -0.4 is 9.80 Å². The van der Waals surface area contributed by atoms with Gasteiger partial charge in [-0.15, -0.1) is 0 Å². The van der Waals surface area contributed by atoms with E-state index in [0.717, 1.165) is 23.5 Å². The van der Waals surface area contributed by atoms with Gasteiger partial charge >= 0.3 is 0 Å². The third-order valence-electron chi connectivity index (χ3n) is 10.8. The molecular weight excluding hydrogens is 629 g/mol. The molecule has 0 aliphatic carbocycles. The number of anilines is 4. The van der Waals surface area contributed by atoms with Crippen molar-refractivity contribution in [2.75, 3.05) is 9.80 Å². The summed E-state index contributed by atoms with van der Waals surface area (Å²) >= 11 is 0. The number of benzene rings is 6. The second-order valence-corrected chi connectivity index (χ2v) is 16.4. The second-order valence-electron chi connectivity index (χ2n) is 16.4. The highest BCUT2D eigenvalue weighted by Gasteiger charge is 2.53. The van der Waals surface area contributed by atoms with Crippen LogP contribution in [0.4, 0.5) is 22.7 Å². The van der Waals surface area contributed by atoms with Crippen molar-refractivity contribution in [2.24, 2.45) is 5.41 Å². The number of para-hydroxylation sites is 1. The molecule has 0 aromatic heterocycles. The summed E-state index contributed by atoms with van der Waals surface area (Å²) in [6.07, 6.45) is 1.08. The molecule has 1 fully saturated rings. The summed E-state index contributed by atoms with van der Waals surface area (Å²) in [4.78, 5) is 5.10. The number of nitrogens with zero attached hydrogens (tertiary/aromatic N) is 2. The first-order valence-corrected chi connectivity index (χ1v) is 19.0. The van der Waals surface area contributed by atoms with Crippen molar-refractivity contribution in [1.82, 2.24) is 0 Å². The Labute approximate surface area is 312 Å². The molecule has 1 aliphatic heterocycles. The minimum absolute atomic E-state index is 0.0103. The van der Waals surface area contributed by atoms with Crippen LogP contribution in [0, 0.1) is 11.5 Å². The zero-order chi connectivity index (χ0) is 36.6. The third kappa shape index (κ3) is 6.80. The van der Waals surface area contributed by atoms with Gasteiger partial charge in [0.1, 0.15) is 0 Å². The van der Waals surface area contributed by atoms with Crippen LogP contribution in [0.5, 0.6) is 0 Å². The molecule has 1 aliphatic rings. The predicted molar refractivity (Wildman–Crippen MR) is 224 cm³/mol. The molecular formula is C50H53N2. The molecule has 0 unspecified atom stereocenters. The van der Waals surface area contributed by atoms with E-state index in [9.17, 15) is 0 Å². The van der Waals surface area contributed by atoms with Gasteiger partial charge in [-0.2, -0.15) is 0 Å². The van der Waals surface area contributed by atoms with Crippen LogP contribution >= 0.6 is 0 Å². The summed E-state index contributed by atoms with van der Waals surface area (Å²) < 4.78 is 0. The maximum absolute atomic E-state index is 2.72. The van der Waals surface area contributed by atoms with Crippen LogP contribution in [0.25, 0.3) is 22.3 Å². The lowest BCUT2D eigenvalue weighted by Crippen LogP contribution is -2.42. The lowest BCUT2D eigenvalue weighted by Gasteiger charge is -2.42. The first-order chi connectivity index (χ1) is 24.9. The van der Waals surface area contributed by atoms with Crippen molar-refractivity contribution in [3.05, 3.63) is 174 Å². The standard InChI is InChI=1S/C50H53N2/c1-35(2)45-20-15-21-46(36(3)4)47(45)52-48(49(5,6)34-50(52,7)8)41-26-32-44(33-27-41)51(42-28-22-39(23-29-42)37-16-11-9-12-17-37)43-30-24-40(25-31-43)38-18-13-10-14-19-38/h9-33,35-36H,34H2,1-8H3. The van der Waals surface area contributed by atoms with E-state index in [2.05, 4.69) is 217 Å². The molecule has 0 atom stereocenters. The fraction of sp³-hybridized carbons (Fsp3) is 0.260. The molecule has 0 saturated carbocycles. The molecule has 2 nitrogen and oxygen atoms in total. The van der Waals surface area contributed by atoms with Crippen molar-refractivity contribution < 1.29 is 0 Å².